The third kappa shape index (κ3) is 6.73. The third-order valence-corrected chi connectivity index (χ3v) is 18.9. The first-order chi connectivity index (χ1) is 28.8. The average molecular weight is 857 g/mol. The summed E-state index contributed by atoms with van der Waals surface area (Å²) < 4.78 is 17.3. The van der Waals surface area contributed by atoms with Crippen molar-refractivity contribution in [2.75, 3.05) is 13.3 Å². The van der Waals surface area contributed by atoms with Crippen molar-refractivity contribution in [3.63, 3.8) is 0 Å². The Bertz CT molecular complexity index is 2100. The Kier molecular flexibility index (Phi) is 10.7. The fraction of sp³-hybridized carbons (Fsp3) is 0.745. The summed E-state index contributed by atoms with van der Waals surface area (Å²) in [6.45, 7) is 24.4. The van der Waals surface area contributed by atoms with Crippen molar-refractivity contribution < 1.29 is 43.3 Å². The molecule has 5 fully saturated rings. The van der Waals surface area contributed by atoms with Gasteiger partial charge in [-0.1, -0.05) is 67.9 Å². The van der Waals surface area contributed by atoms with Crippen LogP contribution in [-0.2, 0) is 23.9 Å². The molecule has 1 aliphatic heterocycles. The molecule has 0 aromatic heterocycles. The quantitative estimate of drug-likeness (QED) is 0.195. The number of ether oxygens (including phenoxy) is 3. The Morgan fingerprint density at radius 2 is 1.56 bits per heavy atom. The summed E-state index contributed by atoms with van der Waals surface area (Å²) in [6, 6.07) is 5.10. The molecule has 8 rings (SSSR count). The van der Waals surface area contributed by atoms with Crippen molar-refractivity contribution in [2.45, 2.75) is 158 Å². The molecule has 0 unspecified atom stereocenters. The number of carboxylic acid groups (broad SMARTS) is 1. The molecule has 62 heavy (non-hydrogen) atoms. The number of hydrogen-bond acceptors (Lipinski definition) is 8. The first-order valence-corrected chi connectivity index (χ1v) is 23.5. The van der Waals surface area contributed by atoms with E-state index in [1.807, 2.05) is 27.7 Å². The summed E-state index contributed by atoms with van der Waals surface area (Å²) in [5, 5.41) is 15.9. The van der Waals surface area contributed by atoms with Crippen LogP contribution in [0.3, 0.4) is 0 Å². The minimum absolute atomic E-state index is 0.0118. The molecule has 0 radical (unpaired) electrons. The maximum atomic E-state index is 14.2. The van der Waals surface area contributed by atoms with Gasteiger partial charge in [0.1, 0.15) is 6.10 Å². The van der Waals surface area contributed by atoms with E-state index in [9.17, 15) is 29.1 Å². The maximum absolute atomic E-state index is 14.2. The molecule has 11 nitrogen and oxygen atoms in total. The number of Topliss-reactive ketones (excluding diaryl/α,β-unsaturated/α-hetero) is 1. The van der Waals surface area contributed by atoms with Crippen LogP contribution < -0.4 is 20.1 Å². The number of ketones is 1. The van der Waals surface area contributed by atoms with Crippen LogP contribution in [0.5, 0.6) is 11.5 Å². The van der Waals surface area contributed by atoms with E-state index in [4.69, 9.17) is 14.2 Å². The second-order valence-electron chi connectivity index (χ2n) is 23.6. The zero-order chi connectivity index (χ0) is 45.2. The number of nitrogens with one attached hydrogen (secondary N) is 2. The van der Waals surface area contributed by atoms with Crippen LogP contribution >= 0.6 is 0 Å². The van der Waals surface area contributed by atoms with E-state index < -0.39 is 34.2 Å². The molecule has 2 amide bonds. The van der Waals surface area contributed by atoms with Crippen LogP contribution in [0.25, 0.3) is 0 Å². The molecule has 3 N–H and O–H groups in total. The van der Waals surface area contributed by atoms with E-state index in [0.29, 0.717) is 41.7 Å². The summed E-state index contributed by atoms with van der Waals surface area (Å²) in [7, 11) is 0. The van der Waals surface area contributed by atoms with Gasteiger partial charge in [0.25, 0.3) is 5.91 Å². The van der Waals surface area contributed by atoms with E-state index in [-0.39, 0.29) is 82.9 Å². The van der Waals surface area contributed by atoms with Gasteiger partial charge in [-0.25, -0.2) is 0 Å². The number of fused-ring (bicyclic) bond motifs is 8. The second-order valence-corrected chi connectivity index (χ2v) is 23.6. The fourth-order valence-corrected chi connectivity index (χ4v) is 15.3. The van der Waals surface area contributed by atoms with Crippen molar-refractivity contribution in [1.82, 2.24) is 10.6 Å². The molecule has 1 aromatic carbocycles. The minimum Gasteiger partial charge on any atom is -0.481 e. The predicted molar refractivity (Wildman–Crippen MR) is 234 cm³/mol. The van der Waals surface area contributed by atoms with Gasteiger partial charge in [0, 0.05) is 35.8 Å². The van der Waals surface area contributed by atoms with Gasteiger partial charge in [0.05, 0.1) is 17.4 Å². The lowest BCUT2D eigenvalue weighted by atomic mass is 9.33. The first kappa shape index (κ1) is 44.7. The number of allylic oxidation sites excluding steroid dienone is 2. The molecule has 340 valence electrons. The van der Waals surface area contributed by atoms with Gasteiger partial charge in [-0.3, -0.25) is 24.0 Å². The van der Waals surface area contributed by atoms with E-state index in [0.717, 1.165) is 56.9 Å². The summed E-state index contributed by atoms with van der Waals surface area (Å²) in [5.74, 6) is 0.0549. The average Bonchev–Trinajstić information content (AvgIpc) is 3.76. The fourth-order valence-electron chi connectivity index (χ4n) is 15.3. The number of amides is 2. The SMILES string of the molecule is CC(C)C1=C2[C@H]3CC[C@@H]4[C@@]5(C)CC[C@H](OC(=O)[C@H]6C[C@@H](C(=O)O)C6(C)C)C(C)(C)[C@@H]5CC[C@@]4(C)[C@]3(C)CC[C@@]2(CC(=O)NCC(C)(C)NC(=O)c2ccc3c(c2)OCO3)CC1=O. The largest absolute Gasteiger partial charge is 0.481 e. The van der Waals surface area contributed by atoms with E-state index in [2.05, 4.69) is 59.1 Å². The smallest absolute Gasteiger partial charge is 0.309 e. The molecule has 7 aliphatic rings. The molecule has 0 bridgehead atoms. The number of esters is 1. The molecule has 0 spiro atoms. The Morgan fingerprint density at radius 3 is 2.24 bits per heavy atom. The van der Waals surface area contributed by atoms with Gasteiger partial charge in [-0.2, -0.15) is 0 Å². The molecule has 6 aliphatic carbocycles. The molecule has 0 saturated heterocycles. The lowest BCUT2D eigenvalue weighted by molar-refractivity contribution is -0.236. The highest BCUT2D eigenvalue weighted by molar-refractivity contribution is 6.01. The highest BCUT2D eigenvalue weighted by Crippen LogP contribution is 2.77. The Hall–Kier alpha value is -3.89. The predicted octanol–water partition coefficient (Wildman–Crippen LogP) is 9.07. The molecule has 5 saturated carbocycles. The van der Waals surface area contributed by atoms with Crippen molar-refractivity contribution in [3.8, 4) is 11.5 Å². The highest BCUT2D eigenvalue weighted by Gasteiger charge is 2.70. The number of benzene rings is 1. The summed E-state index contributed by atoms with van der Waals surface area (Å²) in [5.41, 5.74) is 0.542. The number of carboxylic acids is 1. The van der Waals surface area contributed by atoms with Crippen molar-refractivity contribution >= 4 is 29.5 Å². The molecule has 1 heterocycles. The van der Waals surface area contributed by atoms with Crippen LogP contribution in [0.15, 0.2) is 29.3 Å². The van der Waals surface area contributed by atoms with Gasteiger partial charge < -0.3 is 30.0 Å². The Labute approximate surface area is 368 Å². The van der Waals surface area contributed by atoms with Crippen LogP contribution in [-0.4, -0.2) is 59.6 Å². The standard InChI is InChI=1S/C51H72N2O9/c1-28(2)40-33(54)24-51(25-39(55)52-26-45(3,4)53-42(56)29-12-14-34-35(22-29)61-27-60-34)21-20-49(10)30(41(40)51)13-15-37-48(9)18-17-38(47(7,8)36(48)16-19-50(37,49)11)62-44(59)32-23-31(43(57)58)46(32,5)6/h12,14,22,28,30-32,36-38H,13,15-21,23-27H2,1-11H3,(H,52,55)(H,53,56)(H,57,58)/t30-,31+,32-,36+,37-,38+,48+,49-,50-,51+/m1/s1. The van der Waals surface area contributed by atoms with E-state index in [1.165, 1.54) is 5.57 Å². The zero-order valence-corrected chi connectivity index (χ0v) is 39.2. The molecule has 1 aromatic rings. The monoisotopic (exact) mass is 857 g/mol. The maximum Gasteiger partial charge on any atom is 0.309 e. The van der Waals surface area contributed by atoms with Crippen LogP contribution in [0, 0.1) is 68.0 Å². The van der Waals surface area contributed by atoms with E-state index in [1.54, 1.807) is 18.2 Å². The van der Waals surface area contributed by atoms with Crippen molar-refractivity contribution in [1.29, 1.82) is 0 Å². The Balaban J connectivity index is 0.980. The van der Waals surface area contributed by atoms with Gasteiger partial charge >= 0.3 is 11.9 Å². The van der Waals surface area contributed by atoms with Crippen LogP contribution in [0.1, 0.15) is 157 Å². The normalized spacial score (nSPS) is 37.6. The number of hydrogen-bond donors (Lipinski definition) is 3. The third-order valence-electron chi connectivity index (χ3n) is 18.9. The molecule has 10 atom stereocenters. The van der Waals surface area contributed by atoms with Crippen molar-refractivity contribution in [3.05, 3.63) is 34.9 Å². The number of rotatable bonds is 10. The molecule has 11 heteroatoms. The number of carbonyl (C=O) groups excluding carboxylic acids is 4. The highest BCUT2D eigenvalue weighted by atomic mass is 16.7. The van der Waals surface area contributed by atoms with Crippen molar-refractivity contribution in [2.24, 2.45) is 68.0 Å². The number of aliphatic carboxylic acids is 1. The first-order valence-electron chi connectivity index (χ1n) is 23.5. The van der Waals surface area contributed by atoms with Crippen LogP contribution in [0.2, 0.25) is 0 Å². The van der Waals surface area contributed by atoms with Gasteiger partial charge in [0.15, 0.2) is 17.3 Å². The summed E-state index contributed by atoms with van der Waals surface area (Å²) >= 11 is 0. The van der Waals surface area contributed by atoms with Gasteiger partial charge in [-0.05, 0) is 141 Å². The summed E-state index contributed by atoms with van der Waals surface area (Å²) in [4.78, 5) is 67.1. The molecular formula is C51H72N2O9. The Morgan fingerprint density at radius 1 is 0.855 bits per heavy atom. The van der Waals surface area contributed by atoms with Gasteiger partial charge in [0.2, 0.25) is 12.7 Å². The minimum atomic E-state index is -0.842. The van der Waals surface area contributed by atoms with E-state index >= 15 is 0 Å². The topological polar surface area (TPSA) is 157 Å². The number of carbonyl (C=O) groups is 5. The second kappa shape index (κ2) is 14.8. The lowest BCUT2D eigenvalue weighted by Gasteiger charge is -2.72. The molecular weight excluding hydrogens is 785 g/mol. The summed E-state index contributed by atoms with van der Waals surface area (Å²) in [6.07, 6.45) is 8.41. The van der Waals surface area contributed by atoms with Crippen LogP contribution in [0.4, 0.5) is 0 Å². The zero-order valence-electron chi connectivity index (χ0n) is 39.2. The van der Waals surface area contributed by atoms with Gasteiger partial charge in [-0.15, -0.1) is 0 Å². The lowest BCUT2D eigenvalue weighted by Crippen LogP contribution is -2.66.